The third-order valence-corrected chi connectivity index (χ3v) is 0.856. The Morgan fingerprint density at radius 1 is 1.50 bits per heavy atom. The first-order valence-corrected chi connectivity index (χ1v) is 2.78. The maximum Gasteiger partial charge on any atom is 0.330 e. The van der Waals surface area contributed by atoms with Gasteiger partial charge in [-0.05, 0) is 13.0 Å². The molecule has 0 rings (SSSR count). The van der Waals surface area contributed by atoms with E-state index in [4.69, 9.17) is 0 Å². The third-order valence-electron chi connectivity index (χ3n) is 0.856. The summed E-state index contributed by atoms with van der Waals surface area (Å²) in [5.74, 6) is -1.01. The zero-order chi connectivity index (χ0) is 7.98. The Hall–Kier alpha value is -1.12. The minimum Gasteiger partial charge on any atom is -0.466 e. The molecule has 0 aliphatic carbocycles. The zero-order valence-electron chi connectivity index (χ0n) is 5.93. The van der Waals surface area contributed by atoms with Crippen LogP contribution in [0, 0.1) is 0 Å². The number of esters is 1. The number of carbonyl (C=O) groups is 1. The third kappa shape index (κ3) is 3.83. The van der Waals surface area contributed by atoms with Crippen LogP contribution in [0.25, 0.3) is 0 Å². The van der Waals surface area contributed by atoms with Crippen molar-refractivity contribution in [2.75, 3.05) is 7.11 Å². The van der Waals surface area contributed by atoms with Crippen molar-refractivity contribution in [2.45, 2.75) is 6.92 Å². The number of ether oxygens (including phenoxy) is 1. The number of allylic oxidation sites excluding steroid dienone is 3. The molecule has 0 radical (unpaired) electrons. The molecule has 0 aromatic carbocycles. The fourth-order valence-electron chi connectivity index (χ4n) is 0.312. The summed E-state index contributed by atoms with van der Waals surface area (Å²) in [5, 5.41) is 0. The highest BCUT2D eigenvalue weighted by Gasteiger charge is 1.90. The molecular formula is C7H9FO2. The fourth-order valence-corrected chi connectivity index (χ4v) is 0.312. The Balaban J connectivity index is 3.88. The smallest absolute Gasteiger partial charge is 0.330 e. The fraction of sp³-hybridized carbons (Fsp3) is 0.286. The van der Waals surface area contributed by atoms with E-state index in [-0.39, 0.29) is 0 Å². The summed E-state index contributed by atoms with van der Waals surface area (Å²) < 4.78 is 16.4. The predicted octanol–water partition coefficient (Wildman–Crippen LogP) is 1.59. The second-order valence-corrected chi connectivity index (χ2v) is 1.53. The molecule has 56 valence electrons. The highest BCUT2D eigenvalue weighted by Crippen LogP contribution is 1.96. The van der Waals surface area contributed by atoms with Crippen LogP contribution in [0.2, 0.25) is 0 Å². The van der Waals surface area contributed by atoms with Crippen LogP contribution in [0.1, 0.15) is 6.92 Å². The van der Waals surface area contributed by atoms with Gasteiger partial charge in [-0.3, -0.25) is 0 Å². The van der Waals surface area contributed by atoms with Gasteiger partial charge in [0.15, 0.2) is 0 Å². The minimum absolute atomic E-state index is 0.453. The Morgan fingerprint density at radius 2 is 2.10 bits per heavy atom. The van der Waals surface area contributed by atoms with Gasteiger partial charge in [-0.2, -0.15) is 0 Å². The van der Waals surface area contributed by atoms with Gasteiger partial charge in [-0.1, -0.05) is 6.08 Å². The molecule has 0 aromatic heterocycles. The summed E-state index contributed by atoms with van der Waals surface area (Å²) in [7, 11) is 1.24. The topological polar surface area (TPSA) is 26.3 Å². The molecular weight excluding hydrogens is 135 g/mol. The molecule has 3 heteroatoms. The number of hydrogen-bond donors (Lipinski definition) is 0. The van der Waals surface area contributed by atoms with Gasteiger partial charge in [-0.15, -0.1) is 0 Å². The van der Waals surface area contributed by atoms with E-state index in [1.165, 1.54) is 20.1 Å². The van der Waals surface area contributed by atoms with Gasteiger partial charge in [0.1, 0.15) is 5.83 Å². The lowest BCUT2D eigenvalue weighted by Gasteiger charge is -1.87. The monoisotopic (exact) mass is 144 g/mol. The van der Waals surface area contributed by atoms with Crippen molar-refractivity contribution in [1.82, 2.24) is 0 Å². The molecule has 0 unspecified atom stereocenters. The van der Waals surface area contributed by atoms with E-state index in [0.29, 0.717) is 0 Å². The standard InChI is InChI=1S/C7H9FO2/c1-3-6(8)4-5-7(9)10-2/h3-5H,1-2H3/b5-4+,6-3-. The SMILES string of the molecule is C/C=C(F)/C=C/C(=O)OC. The molecule has 0 heterocycles. The van der Waals surface area contributed by atoms with Crippen LogP contribution in [0.4, 0.5) is 4.39 Å². The van der Waals surface area contributed by atoms with Crippen LogP contribution in [0.3, 0.4) is 0 Å². The van der Waals surface area contributed by atoms with Crippen LogP contribution in [0.5, 0.6) is 0 Å². The maximum absolute atomic E-state index is 12.2. The Morgan fingerprint density at radius 3 is 2.50 bits per heavy atom. The summed E-state index contributed by atoms with van der Waals surface area (Å²) in [4.78, 5) is 10.3. The normalized spacial score (nSPS) is 12.1. The molecule has 0 aliphatic rings. The second-order valence-electron chi connectivity index (χ2n) is 1.53. The van der Waals surface area contributed by atoms with E-state index in [9.17, 15) is 9.18 Å². The van der Waals surface area contributed by atoms with Crippen molar-refractivity contribution in [2.24, 2.45) is 0 Å². The summed E-state index contributed by atoms with van der Waals surface area (Å²) in [6.07, 6.45) is 3.32. The van der Waals surface area contributed by atoms with Crippen molar-refractivity contribution in [1.29, 1.82) is 0 Å². The van der Waals surface area contributed by atoms with Crippen LogP contribution >= 0.6 is 0 Å². The van der Waals surface area contributed by atoms with Gasteiger partial charge in [0, 0.05) is 6.08 Å². The lowest BCUT2D eigenvalue weighted by molar-refractivity contribution is -0.134. The van der Waals surface area contributed by atoms with Crippen LogP contribution in [-0.2, 0) is 9.53 Å². The number of rotatable bonds is 2. The van der Waals surface area contributed by atoms with Crippen molar-refractivity contribution >= 4 is 5.97 Å². The summed E-state index contributed by atoms with van der Waals surface area (Å²) in [6.45, 7) is 1.54. The van der Waals surface area contributed by atoms with Gasteiger partial charge in [-0.25, -0.2) is 9.18 Å². The van der Waals surface area contributed by atoms with Crippen molar-refractivity contribution in [3.05, 3.63) is 24.1 Å². The number of carbonyl (C=O) groups excluding carboxylic acids is 1. The molecule has 0 bridgehead atoms. The first kappa shape index (κ1) is 8.88. The molecule has 0 atom stereocenters. The Labute approximate surface area is 59.0 Å². The molecule has 0 N–H and O–H groups in total. The molecule has 0 spiro atoms. The number of methoxy groups -OCH3 is 1. The highest BCUT2D eigenvalue weighted by atomic mass is 19.1. The quantitative estimate of drug-likeness (QED) is 0.334. The Kier molecular flexibility index (Phi) is 4.20. The van der Waals surface area contributed by atoms with Gasteiger partial charge < -0.3 is 4.74 Å². The van der Waals surface area contributed by atoms with Gasteiger partial charge in [0.05, 0.1) is 7.11 Å². The molecule has 0 aromatic rings. The average Bonchev–Trinajstić information content (AvgIpc) is 1.99. The van der Waals surface area contributed by atoms with Crippen LogP contribution in [0.15, 0.2) is 24.1 Å². The molecule has 0 saturated carbocycles. The highest BCUT2D eigenvalue weighted by molar-refractivity contribution is 5.82. The van der Waals surface area contributed by atoms with Crippen LogP contribution in [-0.4, -0.2) is 13.1 Å². The van der Waals surface area contributed by atoms with E-state index < -0.39 is 11.8 Å². The first-order valence-electron chi connectivity index (χ1n) is 2.78. The van der Waals surface area contributed by atoms with Crippen LogP contribution < -0.4 is 0 Å². The summed E-state index contributed by atoms with van der Waals surface area (Å²) in [6, 6.07) is 0. The van der Waals surface area contributed by atoms with Gasteiger partial charge >= 0.3 is 5.97 Å². The number of hydrogen-bond acceptors (Lipinski definition) is 2. The van der Waals surface area contributed by atoms with E-state index in [1.54, 1.807) is 0 Å². The minimum atomic E-state index is -0.558. The van der Waals surface area contributed by atoms with Crippen molar-refractivity contribution in [3.8, 4) is 0 Å². The van der Waals surface area contributed by atoms with Crippen molar-refractivity contribution < 1.29 is 13.9 Å². The van der Waals surface area contributed by atoms with E-state index in [2.05, 4.69) is 4.74 Å². The van der Waals surface area contributed by atoms with E-state index >= 15 is 0 Å². The molecule has 0 fully saturated rings. The summed E-state index contributed by atoms with van der Waals surface area (Å²) >= 11 is 0. The Bertz CT molecular complexity index is 170. The summed E-state index contributed by atoms with van der Waals surface area (Å²) in [5.41, 5.74) is 0. The lowest BCUT2D eigenvalue weighted by atomic mass is 10.4. The lowest BCUT2D eigenvalue weighted by Crippen LogP contribution is -1.93. The average molecular weight is 144 g/mol. The molecule has 2 nitrogen and oxygen atoms in total. The second kappa shape index (κ2) is 4.73. The largest absolute Gasteiger partial charge is 0.466 e. The van der Waals surface area contributed by atoms with Gasteiger partial charge in [0.2, 0.25) is 0 Å². The predicted molar refractivity (Wildman–Crippen MR) is 36.0 cm³/mol. The van der Waals surface area contributed by atoms with E-state index in [1.807, 2.05) is 0 Å². The molecule has 0 amide bonds. The van der Waals surface area contributed by atoms with E-state index in [0.717, 1.165) is 12.2 Å². The molecule has 0 saturated heterocycles. The maximum atomic E-state index is 12.2. The molecule has 0 aliphatic heterocycles. The number of halogens is 1. The zero-order valence-corrected chi connectivity index (χ0v) is 5.93. The first-order chi connectivity index (χ1) is 4.70. The molecule has 10 heavy (non-hydrogen) atoms. The van der Waals surface area contributed by atoms with Gasteiger partial charge in [0.25, 0.3) is 0 Å². The van der Waals surface area contributed by atoms with Crippen molar-refractivity contribution in [3.63, 3.8) is 0 Å².